The number of para-hydroxylation sites is 1. The Kier molecular flexibility index (Phi) is 5.27. The average molecular weight is 310 g/mol. The van der Waals surface area contributed by atoms with Gasteiger partial charge in [0.05, 0.1) is 16.3 Å². The zero-order valence-electron chi connectivity index (χ0n) is 13.0. The van der Waals surface area contributed by atoms with Gasteiger partial charge in [0.25, 0.3) is 0 Å². The summed E-state index contributed by atoms with van der Waals surface area (Å²) in [6.45, 7) is 1.89. The van der Waals surface area contributed by atoms with E-state index in [1.165, 1.54) is 6.42 Å². The van der Waals surface area contributed by atoms with E-state index in [4.69, 9.17) is 5.73 Å². The molecule has 118 valence electrons. The third-order valence-electron chi connectivity index (χ3n) is 4.33. The second-order valence-corrected chi connectivity index (χ2v) is 7.99. The van der Waals surface area contributed by atoms with Crippen LogP contribution in [0.5, 0.6) is 0 Å². The average Bonchev–Trinajstić information content (AvgIpc) is 2.47. The Morgan fingerprint density at radius 3 is 2.57 bits per heavy atom. The number of likely N-dealkylation sites (N-methyl/N-ethyl adjacent to an activating group) is 1. The van der Waals surface area contributed by atoms with Gasteiger partial charge in [-0.1, -0.05) is 31.9 Å². The van der Waals surface area contributed by atoms with E-state index in [1.807, 2.05) is 26.1 Å². The molecular weight excluding hydrogens is 284 g/mol. The van der Waals surface area contributed by atoms with Gasteiger partial charge in [0, 0.05) is 19.1 Å². The highest BCUT2D eigenvalue weighted by molar-refractivity contribution is 7.91. The van der Waals surface area contributed by atoms with Crippen LogP contribution in [-0.2, 0) is 9.84 Å². The number of hydrogen-bond donors (Lipinski definition) is 1. The molecule has 1 saturated carbocycles. The maximum Gasteiger partial charge on any atom is 0.180 e. The predicted octanol–water partition coefficient (Wildman–Crippen LogP) is 2.58. The molecule has 1 aromatic carbocycles. The Hall–Kier alpha value is -1.07. The lowest BCUT2D eigenvalue weighted by Gasteiger charge is -2.38. The smallest absolute Gasteiger partial charge is 0.180 e. The van der Waals surface area contributed by atoms with Crippen LogP contribution in [0.1, 0.15) is 39.0 Å². The van der Waals surface area contributed by atoms with Gasteiger partial charge in [-0.05, 0) is 31.4 Å². The van der Waals surface area contributed by atoms with Crippen LogP contribution in [-0.4, -0.2) is 33.3 Å². The van der Waals surface area contributed by atoms with Gasteiger partial charge < -0.3 is 10.6 Å². The number of anilines is 1. The van der Waals surface area contributed by atoms with Crippen molar-refractivity contribution in [1.82, 2.24) is 0 Å². The molecule has 2 unspecified atom stereocenters. The fraction of sp³-hybridized carbons (Fsp3) is 0.625. The van der Waals surface area contributed by atoms with Crippen molar-refractivity contribution in [2.45, 2.75) is 56.0 Å². The van der Waals surface area contributed by atoms with E-state index in [-0.39, 0.29) is 17.8 Å². The van der Waals surface area contributed by atoms with Gasteiger partial charge >= 0.3 is 0 Å². The van der Waals surface area contributed by atoms with E-state index < -0.39 is 9.84 Å². The van der Waals surface area contributed by atoms with Crippen molar-refractivity contribution in [3.63, 3.8) is 0 Å². The Morgan fingerprint density at radius 2 is 1.90 bits per heavy atom. The third kappa shape index (κ3) is 3.58. The van der Waals surface area contributed by atoms with Crippen molar-refractivity contribution >= 4 is 15.5 Å². The predicted molar refractivity (Wildman–Crippen MR) is 87.4 cm³/mol. The molecule has 0 amide bonds. The van der Waals surface area contributed by atoms with E-state index >= 15 is 0 Å². The minimum absolute atomic E-state index is 0.116. The van der Waals surface area contributed by atoms with Crippen molar-refractivity contribution in [2.24, 2.45) is 5.73 Å². The largest absolute Gasteiger partial charge is 0.369 e. The molecule has 2 atom stereocenters. The normalized spacial score (nSPS) is 23.0. The molecule has 0 bridgehead atoms. The molecule has 21 heavy (non-hydrogen) atoms. The number of benzene rings is 1. The highest BCUT2D eigenvalue weighted by atomic mass is 32.2. The first-order chi connectivity index (χ1) is 9.97. The first-order valence-electron chi connectivity index (χ1n) is 7.77. The van der Waals surface area contributed by atoms with Crippen LogP contribution in [0.25, 0.3) is 0 Å². The van der Waals surface area contributed by atoms with E-state index in [1.54, 1.807) is 12.1 Å². The fourth-order valence-electron chi connectivity index (χ4n) is 3.19. The van der Waals surface area contributed by atoms with Crippen molar-refractivity contribution in [3.05, 3.63) is 24.3 Å². The van der Waals surface area contributed by atoms with Crippen LogP contribution in [0, 0.1) is 0 Å². The minimum Gasteiger partial charge on any atom is -0.369 e. The Balaban J connectivity index is 2.35. The summed E-state index contributed by atoms with van der Waals surface area (Å²) < 4.78 is 24.9. The van der Waals surface area contributed by atoms with Crippen molar-refractivity contribution in [3.8, 4) is 0 Å². The lowest BCUT2D eigenvalue weighted by molar-refractivity contribution is 0.373. The van der Waals surface area contributed by atoms with Crippen molar-refractivity contribution in [2.75, 3.05) is 17.7 Å². The lowest BCUT2D eigenvalue weighted by Crippen LogP contribution is -2.48. The summed E-state index contributed by atoms with van der Waals surface area (Å²) in [6, 6.07) is 7.63. The molecule has 1 aliphatic carbocycles. The third-order valence-corrected chi connectivity index (χ3v) is 6.29. The fourth-order valence-corrected chi connectivity index (χ4v) is 4.76. The van der Waals surface area contributed by atoms with Crippen LogP contribution < -0.4 is 10.6 Å². The number of nitrogens with zero attached hydrogens (tertiary/aromatic N) is 1. The van der Waals surface area contributed by atoms with Crippen LogP contribution in [0.3, 0.4) is 0 Å². The number of nitrogens with two attached hydrogens (primary N) is 1. The summed E-state index contributed by atoms with van der Waals surface area (Å²) >= 11 is 0. The molecular formula is C16H26N2O2S. The molecule has 1 fully saturated rings. The van der Waals surface area contributed by atoms with Crippen molar-refractivity contribution < 1.29 is 8.42 Å². The molecule has 1 aliphatic rings. The first-order valence-corrected chi connectivity index (χ1v) is 9.43. The van der Waals surface area contributed by atoms with Gasteiger partial charge in [0.15, 0.2) is 9.84 Å². The molecule has 1 aromatic rings. The summed E-state index contributed by atoms with van der Waals surface area (Å²) in [5.41, 5.74) is 7.03. The highest BCUT2D eigenvalue weighted by Gasteiger charge is 2.28. The monoisotopic (exact) mass is 310 g/mol. The zero-order chi connectivity index (χ0) is 15.5. The zero-order valence-corrected chi connectivity index (χ0v) is 13.8. The van der Waals surface area contributed by atoms with E-state index in [2.05, 4.69) is 4.90 Å². The number of sulfone groups is 1. The minimum atomic E-state index is -3.22. The second kappa shape index (κ2) is 6.79. The molecule has 0 aromatic heterocycles. The second-order valence-electron chi connectivity index (χ2n) is 5.91. The van der Waals surface area contributed by atoms with Gasteiger partial charge in [0.2, 0.25) is 0 Å². The SMILES string of the molecule is CCCS(=O)(=O)c1ccccc1N(C)C1CCCCC1N. The summed E-state index contributed by atoms with van der Waals surface area (Å²) in [6.07, 6.45) is 5.00. The topological polar surface area (TPSA) is 63.4 Å². The first kappa shape index (κ1) is 16.3. The molecule has 0 saturated heterocycles. The quantitative estimate of drug-likeness (QED) is 0.908. The summed E-state index contributed by atoms with van der Waals surface area (Å²) in [5, 5.41) is 0. The van der Waals surface area contributed by atoms with Gasteiger partial charge in [0.1, 0.15) is 0 Å². The molecule has 0 aliphatic heterocycles. The molecule has 2 N–H and O–H groups in total. The highest BCUT2D eigenvalue weighted by Crippen LogP contribution is 2.31. The molecule has 0 radical (unpaired) electrons. The molecule has 4 nitrogen and oxygen atoms in total. The van der Waals surface area contributed by atoms with Gasteiger partial charge in [-0.3, -0.25) is 0 Å². The Morgan fingerprint density at radius 1 is 1.24 bits per heavy atom. The summed E-state index contributed by atoms with van der Waals surface area (Å²) in [5.74, 6) is 0.189. The number of rotatable bonds is 5. The van der Waals surface area contributed by atoms with E-state index in [0.29, 0.717) is 11.3 Å². The van der Waals surface area contributed by atoms with E-state index in [0.717, 1.165) is 24.9 Å². The Bertz CT molecular complexity index is 571. The summed E-state index contributed by atoms with van der Waals surface area (Å²) in [7, 11) is -1.26. The van der Waals surface area contributed by atoms with Crippen LogP contribution in [0.2, 0.25) is 0 Å². The standard InChI is InChI=1S/C16H26N2O2S/c1-3-12-21(19,20)16-11-7-6-10-15(16)18(2)14-9-5-4-8-13(14)17/h6-7,10-11,13-14H,3-5,8-9,12,17H2,1-2H3. The van der Waals surface area contributed by atoms with Crippen LogP contribution in [0.4, 0.5) is 5.69 Å². The van der Waals surface area contributed by atoms with Gasteiger partial charge in [-0.25, -0.2) is 8.42 Å². The molecule has 5 heteroatoms. The Labute approximate surface area is 128 Å². The van der Waals surface area contributed by atoms with Crippen LogP contribution in [0.15, 0.2) is 29.2 Å². The molecule has 0 spiro atoms. The maximum atomic E-state index is 12.5. The molecule has 0 heterocycles. The number of hydrogen-bond acceptors (Lipinski definition) is 4. The maximum absolute atomic E-state index is 12.5. The summed E-state index contributed by atoms with van der Waals surface area (Å²) in [4.78, 5) is 2.51. The lowest BCUT2D eigenvalue weighted by atomic mass is 9.90. The van der Waals surface area contributed by atoms with Crippen LogP contribution >= 0.6 is 0 Å². The van der Waals surface area contributed by atoms with Crippen molar-refractivity contribution in [1.29, 1.82) is 0 Å². The molecule has 2 rings (SSSR count). The van der Waals surface area contributed by atoms with Gasteiger partial charge in [-0.2, -0.15) is 0 Å². The van der Waals surface area contributed by atoms with Gasteiger partial charge in [-0.15, -0.1) is 0 Å². The van der Waals surface area contributed by atoms with E-state index in [9.17, 15) is 8.42 Å².